The Morgan fingerprint density at radius 1 is 1.12 bits per heavy atom. The van der Waals surface area contributed by atoms with E-state index in [9.17, 15) is 9.90 Å². The highest BCUT2D eigenvalue weighted by molar-refractivity contribution is 6.31. The number of carboxylic acid groups (broad SMARTS) is 1. The minimum atomic E-state index is -0.679. The van der Waals surface area contributed by atoms with Gasteiger partial charge in [0.05, 0.1) is 5.41 Å². The molecule has 8 heteroatoms. The fourth-order valence-corrected chi connectivity index (χ4v) is 6.99. The predicted octanol–water partition coefficient (Wildman–Crippen LogP) is 7.85. The second kappa shape index (κ2) is 12.2. The lowest BCUT2D eigenvalue weighted by atomic mass is 9.75. The van der Waals surface area contributed by atoms with Crippen molar-refractivity contribution in [2.45, 2.75) is 96.1 Å². The van der Waals surface area contributed by atoms with E-state index in [0.29, 0.717) is 36.9 Å². The number of aliphatic carboxylic acids is 1. The van der Waals surface area contributed by atoms with E-state index in [1.54, 1.807) is 0 Å². The van der Waals surface area contributed by atoms with Gasteiger partial charge in [-0.25, -0.2) is 0 Å². The van der Waals surface area contributed by atoms with Crippen LogP contribution in [-0.4, -0.2) is 44.7 Å². The molecule has 1 aromatic heterocycles. The summed E-state index contributed by atoms with van der Waals surface area (Å²) in [6.07, 6.45) is 8.96. The third-order valence-electron chi connectivity index (χ3n) is 9.32. The van der Waals surface area contributed by atoms with E-state index in [-0.39, 0.29) is 11.6 Å². The maximum Gasteiger partial charge on any atom is 0.309 e. The SMILES string of the molecule is CCC1(C(=O)O)CCN(C(CC(C)(C)N)c2ccc(-c3noc(-c4ccc(C5CCCCC5)c(Cl)c4)n3)cc2)CC1. The number of aromatic nitrogens is 2. The van der Waals surface area contributed by atoms with Gasteiger partial charge in [0.2, 0.25) is 5.82 Å². The molecule has 220 valence electrons. The number of piperidine rings is 1. The molecular formula is C33H43ClN4O3. The van der Waals surface area contributed by atoms with E-state index in [2.05, 4.69) is 33.2 Å². The Balaban J connectivity index is 1.32. The van der Waals surface area contributed by atoms with E-state index in [1.165, 1.54) is 37.7 Å². The first kappa shape index (κ1) is 29.7. The average Bonchev–Trinajstić information content (AvgIpc) is 3.46. The predicted molar refractivity (Wildman–Crippen MR) is 163 cm³/mol. The van der Waals surface area contributed by atoms with Gasteiger partial charge in [-0.3, -0.25) is 9.69 Å². The Labute approximate surface area is 248 Å². The van der Waals surface area contributed by atoms with Crippen LogP contribution in [-0.2, 0) is 4.79 Å². The molecule has 0 bridgehead atoms. The Morgan fingerprint density at radius 3 is 2.37 bits per heavy atom. The van der Waals surface area contributed by atoms with Crippen molar-refractivity contribution in [2.24, 2.45) is 11.1 Å². The molecule has 2 aromatic carbocycles. The van der Waals surface area contributed by atoms with Gasteiger partial charge >= 0.3 is 5.97 Å². The number of carboxylic acids is 1. The molecule has 2 heterocycles. The van der Waals surface area contributed by atoms with Gasteiger partial charge in [-0.05, 0) is 94.6 Å². The average molecular weight is 579 g/mol. The van der Waals surface area contributed by atoms with Crippen LogP contribution in [0, 0.1) is 5.41 Å². The summed E-state index contributed by atoms with van der Waals surface area (Å²) < 4.78 is 5.64. The molecule has 1 saturated carbocycles. The quantitative estimate of drug-likeness (QED) is 0.266. The van der Waals surface area contributed by atoms with E-state index in [0.717, 1.165) is 41.2 Å². The maximum atomic E-state index is 12.0. The topological polar surface area (TPSA) is 105 Å². The van der Waals surface area contributed by atoms with Crippen LogP contribution in [0.15, 0.2) is 47.0 Å². The summed E-state index contributed by atoms with van der Waals surface area (Å²) in [6.45, 7) is 7.53. The molecule has 1 atom stereocenters. The summed E-state index contributed by atoms with van der Waals surface area (Å²) >= 11 is 6.70. The van der Waals surface area contributed by atoms with Gasteiger partial charge in [0, 0.05) is 27.7 Å². The van der Waals surface area contributed by atoms with Crippen LogP contribution in [0.2, 0.25) is 5.02 Å². The largest absolute Gasteiger partial charge is 0.481 e. The van der Waals surface area contributed by atoms with Crippen LogP contribution in [0.3, 0.4) is 0 Å². The van der Waals surface area contributed by atoms with E-state index in [4.69, 9.17) is 21.9 Å². The number of likely N-dealkylation sites (tertiary alicyclic amines) is 1. The number of hydrogen-bond donors (Lipinski definition) is 2. The standard InChI is InChI=1S/C33H43ClN4O3/c1-4-33(31(39)40)16-18-38(19-17-33)28(21-32(2,3)35)23-10-12-24(13-11-23)29-36-30(41-37-29)25-14-15-26(27(34)20-25)22-8-6-5-7-9-22/h10-15,20,22,28H,4-9,16-19,21,35H2,1-3H3,(H,39,40). The van der Waals surface area contributed by atoms with Crippen molar-refractivity contribution in [1.29, 1.82) is 0 Å². The van der Waals surface area contributed by atoms with Crippen molar-refractivity contribution in [3.63, 3.8) is 0 Å². The maximum absolute atomic E-state index is 12.0. The molecule has 2 aliphatic rings. The van der Waals surface area contributed by atoms with Crippen LogP contribution in [0.1, 0.15) is 102 Å². The Morgan fingerprint density at radius 2 is 1.78 bits per heavy atom. The van der Waals surface area contributed by atoms with Crippen molar-refractivity contribution < 1.29 is 14.4 Å². The highest BCUT2D eigenvalue weighted by atomic mass is 35.5. The van der Waals surface area contributed by atoms with Crippen LogP contribution in [0.5, 0.6) is 0 Å². The highest BCUT2D eigenvalue weighted by Gasteiger charge is 2.41. The third-order valence-corrected chi connectivity index (χ3v) is 9.65. The Hall–Kier alpha value is -2.74. The first-order valence-corrected chi connectivity index (χ1v) is 15.5. The molecule has 0 amide bonds. The van der Waals surface area contributed by atoms with Gasteiger partial charge in [0.15, 0.2) is 0 Å². The van der Waals surface area contributed by atoms with Crippen LogP contribution < -0.4 is 5.73 Å². The number of benzene rings is 2. The normalized spacial score (nSPS) is 19.2. The lowest BCUT2D eigenvalue weighted by Crippen LogP contribution is -2.47. The van der Waals surface area contributed by atoms with Crippen molar-refractivity contribution in [3.8, 4) is 22.8 Å². The molecule has 3 aromatic rings. The lowest BCUT2D eigenvalue weighted by Gasteiger charge is -2.43. The molecule has 1 aliphatic heterocycles. The Bertz CT molecular complexity index is 1330. The zero-order chi connectivity index (χ0) is 29.2. The second-order valence-corrected chi connectivity index (χ2v) is 13.2. The van der Waals surface area contributed by atoms with Crippen molar-refractivity contribution >= 4 is 17.6 Å². The summed E-state index contributed by atoms with van der Waals surface area (Å²) in [5, 5.41) is 14.9. The number of rotatable bonds is 9. The van der Waals surface area contributed by atoms with E-state index < -0.39 is 11.4 Å². The second-order valence-electron chi connectivity index (χ2n) is 12.8. The summed E-state index contributed by atoms with van der Waals surface area (Å²) in [4.78, 5) is 19.1. The molecule has 7 nitrogen and oxygen atoms in total. The fourth-order valence-electron chi connectivity index (χ4n) is 6.66. The zero-order valence-electron chi connectivity index (χ0n) is 24.5. The van der Waals surface area contributed by atoms with Gasteiger partial charge in [-0.15, -0.1) is 0 Å². The first-order chi connectivity index (χ1) is 19.6. The number of nitrogens with zero attached hydrogens (tertiary/aromatic N) is 3. The molecule has 1 saturated heterocycles. The molecule has 1 unspecified atom stereocenters. The summed E-state index contributed by atoms with van der Waals surface area (Å²) in [5.41, 5.74) is 9.56. The molecular weight excluding hydrogens is 536 g/mol. The number of halogens is 1. The zero-order valence-corrected chi connectivity index (χ0v) is 25.3. The van der Waals surface area contributed by atoms with Gasteiger partial charge in [-0.1, -0.05) is 73.3 Å². The van der Waals surface area contributed by atoms with Crippen LogP contribution in [0.25, 0.3) is 22.8 Å². The summed E-state index contributed by atoms with van der Waals surface area (Å²) in [6, 6.07) is 14.5. The van der Waals surface area contributed by atoms with Crippen LogP contribution >= 0.6 is 11.6 Å². The summed E-state index contributed by atoms with van der Waals surface area (Å²) in [5.74, 6) is 0.839. The van der Waals surface area contributed by atoms with Gasteiger partial charge in [0.25, 0.3) is 5.89 Å². The minimum Gasteiger partial charge on any atom is -0.481 e. The molecule has 3 N–H and O–H groups in total. The van der Waals surface area contributed by atoms with Crippen molar-refractivity contribution in [2.75, 3.05) is 13.1 Å². The first-order valence-electron chi connectivity index (χ1n) is 15.1. The molecule has 5 rings (SSSR count). The Kier molecular flexibility index (Phi) is 8.88. The van der Waals surface area contributed by atoms with Gasteiger partial charge in [-0.2, -0.15) is 4.98 Å². The molecule has 0 radical (unpaired) electrons. The van der Waals surface area contributed by atoms with Crippen molar-refractivity contribution in [1.82, 2.24) is 15.0 Å². The minimum absolute atomic E-state index is 0.0957. The smallest absolute Gasteiger partial charge is 0.309 e. The van der Waals surface area contributed by atoms with E-state index in [1.807, 2.05) is 45.0 Å². The van der Waals surface area contributed by atoms with Gasteiger partial charge < -0.3 is 15.4 Å². The van der Waals surface area contributed by atoms with E-state index >= 15 is 0 Å². The summed E-state index contributed by atoms with van der Waals surface area (Å²) in [7, 11) is 0. The number of hydrogen-bond acceptors (Lipinski definition) is 6. The lowest BCUT2D eigenvalue weighted by molar-refractivity contribution is -0.152. The third kappa shape index (κ3) is 6.68. The van der Waals surface area contributed by atoms with Crippen LogP contribution in [0.4, 0.5) is 0 Å². The molecule has 2 fully saturated rings. The van der Waals surface area contributed by atoms with Crippen molar-refractivity contribution in [3.05, 3.63) is 58.6 Å². The number of carbonyl (C=O) groups is 1. The number of nitrogens with two attached hydrogens (primary N) is 1. The highest BCUT2D eigenvalue weighted by Crippen LogP contribution is 2.41. The fraction of sp³-hybridized carbons (Fsp3) is 0.545. The van der Waals surface area contributed by atoms with Gasteiger partial charge in [0.1, 0.15) is 0 Å². The monoisotopic (exact) mass is 578 g/mol. The molecule has 0 spiro atoms. The molecule has 1 aliphatic carbocycles. The molecule has 41 heavy (non-hydrogen) atoms.